The van der Waals surface area contributed by atoms with Crippen molar-refractivity contribution in [1.29, 1.82) is 0 Å². The lowest BCUT2D eigenvalue weighted by molar-refractivity contribution is 0.419. The summed E-state index contributed by atoms with van der Waals surface area (Å²) in [6.45, 7) is 0. The van der Waals surface area contributed by atoms with Gasteiger partial charge in [0.15, 0.2) is 0 Å². The lowest BCUT2D eigenvalue weighted by Crippen LogP contribution is -1.84. The molecular formula is C20H16N2O. The molecule has 0 spiro atoms. The zero-order valence-corrected chi connectivity index (χ0v) is 12.8. The molecule has 1 N–H and O–H groups in total. The second kappa shape index (κ2) is 5.61. The van der Waals surface area contributed by atoms with Crippen molar-refractivity contribution in [2.45, 2.75) is 0 Å². The normalized spacial score (nSPS) is 10.8. The summed E-state index contributed by atoms with van der Waals surface area (Å²) >= 11 is 0. The number of pyridine rings is 1. The molecule has 3 heteroatoms. The molecule has 0 aliphatic heterocycles. The minimum absolute atomic E-state index is 0.848. The number of para-hydroxylation sites is 1. The molecule has 0 aliphatic carbocycles. The fraction of sp³-hybridized carbons (Fsp3) is 0.0500. The summed E-state index contributed by atoms with van der Waals surface area (Å²) < 4.78 is 5.42. The van der Waals surface area contributed by atoms with E-state index >= 15 is 0 Å². The third kappa shape index (κ3) is 2.36. The van der Waals surface area contributed by atoms with E-state index in [9.17, 15) is 0 Å². The van der Waals surface area contributed by atoms with Gasteiger partial charge in [-0.15, -0.1) is 0 Å². The number of aromatic amines is 1. The van der Waals surface area contributed by atoms with Crippen molar-refractivity contribution in [3.8, 4) is 28.0 Å². The van der Waals surface area contributed by atoms with Crippen LogP contribution in [0.2, 0.25) is 0 Å². The van der Waals surface area contributed by atoms with E-state index in [1.165, 1.54) is 5.56 Å². The molecule has 0 atom stereocenters. The summed E-state index contributed by atoms with van der Waals surface area (Å²) in [6.07, 6.45) is 5.81. The minimum Gasteiger partial charge on any atom is -0.495 e. The zero-order chi connectivity index (χ0) is 15.6. The highest BCUT2D eigenvalue weighted by atomic mass is 16.5. The van der Waals surface area contributed by atoms with E-state index in [2.05, 4.69) is 34.2 Å². The van der Waals surface area contributed by atoms with Crippen molar-refractivity contribution in [2.75, 3.05) is 7.11 Å². The first kappa shape index (κ1) is 13.6. The Labute approximate surface area is 134 Å². The van der Waals surface area contributed by atoms with Crippen LogP contribution in [0.25, 0.3) is 33.2 Å². The molecular weight excluding hydrogens is 284 g/mol. The summed E-state index contributed by atoms with van der Waals surface area (Å²) in [4.78, 5) is 7.73. The van der Waals surface area contributed by atoms with E-state index in [1.807, 2.05) is 48.9 Å². The van der Waals surface area contributed by atoms with Crippen LogP contribution in [0.4, 0.5) is 0 Å². The van der Waals surface area contributed by atoms with Gasteiger partial charge in [0.05, 0.1) is 12.6 Å². The molecule has 0 radical (unpaired) electrons. The largest absolute Gasteiger partial charge is 0.495 e. The molecule has 0 amide bonds. The Morgan fingerprint density at radius 3 is 2.52 bits per heavy atom. The Balaban J connectivity index is 1.86. The number of hydrogen-bond donors (Lipinski definition) is 1. The van der Waals surface area contributed by atoms with Crippen molar-refractivity contribution in [1.82, 2.24) is 9.97 Å². The smallest absolute Gasteiger partial charge is 0.142 e. The number of methoxy groups -OCH3 is 1. The molecule has 4 rings (SSSR count). The predicted octanol–water partition coefficient (Wildman–Crippen LogP) is 4.91. The van der Waals surface area contributed by atoms with Gasteiger partial charge in [-0.3, -0.25) is 4.98 Å². The second-order valence-corrected chi connectivity index (χ2v) is 5.41. The quantitative estimate of drug-likeness (QED) is 0.584. The second-order valence-electron chi connectivity index (χ2n) is 5.41. The van der Waals surface area contributed by atoms with Gasteiger partial charge in [-0.2, -0.15) is 0 Å². The van der Waals surface area contributed by atoms with Crippen LogP contribution in [-0.2, 0) is 0 Å². The van der Waals surface area contributed by atoms with Gasteiger partial charge in [0.25, 0.3) is 0 Å². The monoisotopic (exact) mass is 300 g/mol. The zero-order valence-electron chi connectivity index (χ0n) is 12.8. The average Bonchev–Trinajstić information content (AvgIpc) is 3.07. The van der Waals surface area contributed by atoms with Crippen molar-refractivity contribution in [3.63, 3.8) is 0 Å². The van der Waals surface area contributed by atoms with Crippen LogP contribution < -0.4 is 4.74 Å². The maximum atomic E-state index is 5.42. The minimum atomic E-state index is 0.848. The first-order valence-electron chi connectivity index (χ1n) is 7.52. The number of benzene rings is 2. The van der Waals surface area contributed by atoms with Gasteiger partial charge in [0, 0.05) is 40.7 Å². The molecule has 0 aliphatic rings. The maximum absolute atomic E-state index is 5.42. The summed E-state index contributed by atoms with van der Waals surface area (Å²) in [7, 11) is 1.69. The van der Waals surface area contributed by atoms with E-state index in [1.54, 1.807) is 7.11 Å². The Bertz CT molecular complexity index is 958. The number of rotatable bonds is 3. The van der Waals surface area contributed by atoms with Crippen LogP contribution in [0.15, 0.2) is 73.2 Å². The Morgan fingerprint density at radius 2 is 1.70 bits per heavy atom. The molecule has 3 nitrogen and oxygen atoms in total. The molecule has 0 bridgehead atoms. The molecule has 2 aromatic carbocycles. The molecule has 4 aromatic rings. The van der Waals surface area contributed by atoms with Gasteiger partial charge >= 0.3 is 0 Å². The fourth-order valence-corrected chi connectivity index (χ4v) is 2.91. The summed E-state index contributed by atoms with van der Waals surface area (Å²) in [5.41, 5.74) is 5.50. The van der Waals surface area contributed by atoms with E-state index in [0.717, 1.165) is 33.3 Å². The van der Waals surface area contributed by atoms with Crippen molar-refractivity contribution >= 4 is 10.9 Å². The van der Waals surface area contributed by atoms with Gasteiger partial charge < -0.3 is 9.72 Å². The number of ether oxygens (including phenoxy) is 1. The van der Waals surface area contributed by atoms with E-state index in [-0.39, 0.29) is 0 Å². The summed E-state index contributed by atoms with van der Waals surface area (Å²) in [5, 5.41) is 1.14. The number of H-pyrrole nitrogens is 1. The topological polar surface area (TPSA) is 37.9 Å². The van der Waals surface area contributed by atoms with Crippen LogP contribution in [0.5, 0.6) is 5.75 Å². The molecule has 0 saturated carbocycles. The first-order valence-corrected chi connectivity index (χ1v) is 7.52. The molecule has 0 unspecified atom stereocenters. The number of nitrogens with one attached hydrogen (secondary N) is 1. The van der Waals surface area contributed by atoms with Crippen molar-refractivity contribution in [3.05, 3.63) is 73.2 Å². The molecule has 2 heterocycles. The van der Waals surface area contributed by atoms with Gasteiger partial charge in [-0.05, 0) is 17.7 Å². The Kier molecular flexibility index (Phi) is 3.31. The van der Waals surface area contributed by atoms with Crippen molar-refractivity contribution in [2.24, 2.45) is 0 Å². The molecule has 0 fully saturated rings. The molecule has 2 aromatic heterocycles. The average molecular weight is 300 g/mol. The number of hydrogen-bond acceptors (Lipinski definition) is 2. The molecule has 0 saturated heterocycles. The van der Waals surface area contributed by atoms with Crippen LogP contribution in [0.3, 0.4) is 0 Å². The van der Waals surface area contributed by atoms with Crippen LogP contribution in [-0.4, -0.2) is 17.1 Å². The van der Waals surface area contributed by atoms with Crippen LogP contribution >= 0.6 is 0 Å². The van der Waals surface area contributed by atoms with Gasteiger partial charge in [0.2, 0.25) is 0 Å². The Morgan fingerprint density at radius 1 is 0.870 bits per heavy atom. The molecule has 112 valence electrons. The SMILES string of the molecule is COc1cccc2c(-c3cncc(-c4ccccc4)c3)c[nH]c12. The highest BCUT2D eigenvalue weighted by molar-refractivity contribution is 5.98. The standard InChI is InChI=1S/C20H16N2O/c1-23-19-9-5-8-17-18(13-22-20(17)19)16-10-15(11-21-12-16)14-6-3-2-4-7-14/h2-13,22H,1H3. The van der Waals surface area contributed by atoms with E-state index in [4.69, 9.17) is 4.74 Å². The highest BCUT2D eigenvalue weighted by Crippen LogP contribution is 2.34. The van der Waals surface area contributed by atoms with Crippen molar-refractivity contribution < 1.29 is 4.74 Å². The van der Waals surface area contributed by atoms with E-state index < -0.39 is 0 Å². The number of fused-ring (bicyclic) bond motifs is 1. The van der Waals surface area contributed by atoms with Gasteiger partial charge in [0.1, 0.15) is 5.75 Å². The highest BCUT2D eigenvalue weighted by Gasteiger charge is 2.10. The Hall–Kier alpha value is -3.07. The third-order valence-electron chi connectivity index (χ3n) is 4.05. The van der Waals surface area contributed by atoms with Crippen LogP contribution in [0, 0.1) is 0 Å². The van der Waals surface area contributed by atoms with Gasteiger partial charge in [-0.1, -0.05) is 42.5 Å². The predicted molar refractivity (Wildman–Crippen MR) is 93.5 cm³/mol. The third-order valence-corrected chi connectivity index (χ3v) is 4.05. The summed E-state index contributed by atoms with van der Waals surface area (Å²) in [6, 6.07) is 18.5. The lowest BCUT2D eigenvalue weighted by atomic mass is 10.0. The van der Waals surface area contributed by atoms with Crippen LogP contribution in [0.1, 0.15) is 0 Å². The summed E-state index contributed by atoms with van der Waals surface area (Å²) in [5.74, 6) is 0.848. The maximum Gasteiger partial charge on any atom is 0.142 e. The number of aromatic nitrogens is 2. The molecule has 23 heavy (non-hydrogen) atoms. The lowest BCUT2D eigenvalue weighted by Gasteiger charge is -2.05. The van der Waals surface area contributed by atoms with Gasteiger partial charge in [-0.25, -0.2) is 0 Å². The van der Waals surface area contributed by atoms with E-state index in [0.29, 0.717) is 0 Å². The number of nitrogens with zero attached hydrogens (tertiary/aromatic N) is 1. The fourth-order valence-electron chi connectivity index (χ4n) is 2.91. The first-order chi connectivity index (χ1) is 11.4.